The smallest absolute Gasteiger partial charge is 0.246 e. The third kappa shape index (κ3) is 3.77. The number of amides is 1. The van der Waals surface area contributed by atoms with Gasteiger partial charge in [-0.05, 0) is 32.0 Å². The topological polar surface area (TPSA) is 66.9 Å². The molecule has 19 heavy (non-hydrogen) atoms. The number of para-hydroxylation sites is 1. The first-order valence-electron chi connectivity index (χ1n) is 6.07. The van der Waals surface area contributed by atoms with Crippen LogP contribution in [-0.2, 0) is 4.79 Å². The van der Waals surface area contributed by atoms with E-state index in [4.69, 9.17) is 0 Å². The Morgan fingerprint density at radius 2 is 1.95 bits per heavy atom. The molecule has 5 heteroatoms. The van der Waals surface area contributed by atoms with Crippen molar-refractivity contribution < 1.29 is 4.79 Å². The highest BCUT2D eigenvalue weighted by Gasteiger charge is 2.13. The Labute approximate surface area is 112 Å². The van der Waals surface area contributed by atoms with Crippen LogP contribution in [0, 0.1) is 6.92 Å². The Hall–Kier alpha value is -2.43. The molecule has 0 saturated heterocycles. The van der Waals surface area contributed by atoms with Crippen molar-refractivity contribution >= 4 is 17.5 Å². The summed E-state index contributed by atoms with van der Waals surface area (Å²) in [5.74, 6) is 0.326. The van der Waals surface area contributed by atoms with E-state index in [2.05, 4.69) is 20.6 Å². The van der Waals surface area contributed by atoms with Crippen LogP contribution in [0.3, 0.4) is 0 Å². The van der Waals surface area contributed by atoms with E-state index in [-0.39, 0.29) is 5.91 Å². The minimum Gasteiger partial charge on any atom is -0.343 e. The Morgan fingerprint density at radius 3 is 2.63 bits per heavy atom. The first-order chi connectivity index (χ1) is 9.15. The molecule has 2 aromatic rings. The number of carbonyl (C=O) groups is 1. The molecule has 1 amide bonds. The monoisotopic (exact) mass is 256 g/mol. The van der Waals surface area contributed by atoms with Crippen molar-refractivity contribution in [3.63, 3.8) is 0 Å². The van der Waals surface area contributed by atoms with E-state index in [0.29, 0.717) is 5.95 Å². The highest BCUT2D eigenvalue weighted by Crippen LogP contribution is 2.07. The van der Waals surface area contributed by atoms with Crippen molar-refractivity contribution in [1.29, 1.82) is 0 Å². The fourth-order valence-electron chi connectivity index (χ4n) is 1.55. The van der Waals surface area contributed by atoms with Crippen molar-refractivity contribution in [2.24, 2.45) is 0 Å². The number of benzene rings is 1. The van der Waals surface area contributed by atoms with E-state index < -0.39 is 6.04 Å². The van der Waals surface area contributed by atoms with Crippen molar-refractivity contribution in [3.8, 4) is 0 Å². The van der Waals surface area contributed by atoms with Gasteiger partial charge in [0, 0.05) is 17.6 Å². The summed E-state index contributed by atoms with van der Waals surface area (Å²) in [5.41, 5.74) is 1.62. The van der Waals surface area contributed by atoms with Crippen molar-refractivity contribution in [2.45, 2.75) is 19.9 Å². The predicted molar refractivity (Wildman–Crippen MR) is 74.9 cm³/mol. The lowest BCUT2D eigenvalue weighted by molar-refractivity contribution is -0.116. The normalized spacial score (nSPS) is 11.7. The number of nitrogens with one attached hydrogen (secondary N) is 2. The molecule has 1 atom stereocenters. The molecule has 0 fully saturated rings. The summed E-state index contributed by atoms with van der Waals surface area (Å²) in [6.45, 7) is 3.64. The molecular weight excluding hydrogens is 240 g/mol. The fourth-order valence-corrected chi connectivity index (χ4v) is 1.55. The van der Waals surface area contributed by atoms with Crippen LogP contribution in [0.2, 0.25) is 0 Å². The van der Waals surface area contributed by atoms with Crippen LogP contribution in [-0.4, -0.2) is 21.9 Å². The summed E-state index contributed by atoms with van der Waals surface area (Å²) in [4.78, 5) is 20.2. The molecule has 0 radical (unpaired) electrons. The number of aryl methyl sites for hydroxylation is 1. The molecule has 98 valence electrons. The molecule has 0 spiro atoms. The first-order valence-corrected chi connectivity index (χ1v) is 6.07. The molecule has 0 aliphatic heterocycles. The van der Waals surface area contributed by atoms with Gasteiger partial charge in [0.15, 0.2) is 0 Å². The number of aromatic nitrogens is 2. The van der Waals surface area contributed by atoms with Gasteiger partial charge in [0.2, 0.25) is 11.9 Å². The second-order valence-electron chi connectivity index (χ2n) is 4.24. The van der Waals surface area contributed by atoms with Crippen molar-refractivity contribution in [3.05, 3.63) is 48.3 Å². The average Bonchev–Trinajstić information content (AvgIpc) is 2.40. The summed E-state index contributed by atoms with van der Waals surface area (Å²) in [5, 5.41) is 5.79. The van der Waals surface area contributed by atoms with Gasteiger partial charge in [0.25, 0.3) is 0 Å². The minimum atomic E-state index is -0.415. The van der Waals surface area contributed by atoms with Crippen LogP contribution in [0.1, 0.15) is 12.6 Å². The molecule has 2 rings (SSSR count). The number of carbonyl (C=O) groups excluding carboxylic acids is 1. The van der Waals surface area contributed by atoms with Gasteiger partial charge in [-0.25, -0.2) is 9.97 Å². The van der Waals surface area contributed by atoms with Crippen LogP contribution >= 0.6 is 0 Å². The largest absolute Gasteiger partial charge is 0.343 e. The quantitative estimate of drug-likeness (QED) is 0.880. The number of hydrogen-bond donors (Lipinski definition) is 2. The lowest BCUT2D eigenvalue weighted by Crippen LogP contribution is -2.32. The third-order valence-corrected chi connectivity index (χ3v) is 2.58. The van der Waals surface area contributed by atoms with Gasteiger partial charge in [0.05, 0.1) is 0 Å². The predicted octanol–water partition coefficient (Wildman–Crippen LogP) is 2.22. The molecule has 0 aliphatic carbocycles. The highest BCUT2D eigenvalue weighted by molar-refractivity contribution is 5.95. The number of anilines is 2. The van der Waals surface area contributed by atoms with Crippen molar-refractivity contribution in [1.82, 2.24) is 9.97 Å². The lowest BCUT2D eigenvalue weighted by atomic mass is 10.2. The summed E-state index contributed by atoms with van der Waals surface area (Å²) in [6, 6.07) is 10.7. The molecule has 0 aliphatic rings. The maximum absolute atomic E-state index is 12.0. The van der Waals surface area contributed by atoms with Crippen molar-refractivity contribution in [2.75, 3.05) is 10.6 Å². The van der Waals surface area contributed by atoms with Crippen LogP contribution in [0.4, 0.5) is 11.6 Å². The second kappa shape index (κ2) is 5.95. The Morgan fingerprint density at radius 1 is 1.21 bits per heavy atom. The van der Waals surface area contributed by atoms with E-state index in [1.807, 2.05) is 37.3 Å². The van der Waals surface area contributed by atoms with E-state index in [9.17, 15) is 4.79 Å². The summed E-state index contributed by atoms with van der Waals surface area (Å²) in [7, 11) is 0. The molecule has 1 unspecified atom stereocenters. The van der Waals surface area contributed by atoms with E-state index >= 15 is 0 Å². The van der Waals surface area contributed by atoms with E-state index in [1.54, 1.807) is 19.2 Å². The SMILES string of the molecule is Cc1ccnc(NC(C)C(=O)Nc2ccccc2)n1. The summed E-state index contributed by atoms with van der Waals surface area (Å²) in [6.07, 6.45) is 1.66. The van der Waals surface area contributed by atoms with Gasteiger partial charge in [-0.1, -0.05) is 18.2 Å². The van der Waals surface area contributed by atoms with Gasteiger partial charge < -0.3 is 10.6 Å². The van der Waals surface area contributed by atoms with Gasteiger partial charge in [0.1, 0.15) is 6.04 Å². The van der Waals surface area contributed by atoms with Gasteiger partial charge in [-0.3, -0.25) is 4.79 Å². The Kier molecular flexibility index (Phi) is 4.07. The fraction of sp³-hybridized carbons (Fsp3) is 0.214. The number of nitrogens with zero attached hydrogens (tertiary/aromatic N) is 2. The van der Waals surface area contributed by atoms with Crippen LogP contribution in [0.5, 0.6) is 0 Å². The first kappa shape index (κ1) is 13.0. The molecular formula is C14H16N4O. The van der Waals surface area contributed by atoms with Gasteiger partial charge in [-0.15, -0.1) is 0 Å². The van der Waals surface area contributed by atoms with E-state index in [0.717, 1.165) is 11.4 Å². The van der Waals surface area contributed by atoms with Crippen LogP contribution in [0.15, 0.2) is 42.6 Å². The summed E-state index contributed by atoms with van der Waals surface area (Å²) >= 11 is 0. The molecule has 0 bridgehead atoms. The summed E-state index contributed by atoms with van der Waals surface area (Å²) < 4.78 is 0. The number of rotatable bonds is 4. The Bertz CT molecular complexity index is 556. The zero-order valence-electron chi connectivity index (χ0n) is 10.9. The minimum absolute atomic E-state index is 0.128. The average molecular weight is 256 g/mol. The molecule has 1 heterocycles. The molecule has 2 N–H and O–H groups in total. The Balaban J connectivity index is 1.96. The van der Waals surface area contributed by atoms with E-state index in [1.165, 1.54) is 0 Å². The van der Waals surface area contributed by atoms with Gasteiger partial charge in [-0.2, -0.15) is 0 Å². The van der Waals surface area contributed by atoms with Crippen LogP contribution < -0.4 is 10.6 Å². The zero-order valence-corrected chi connectivity index (χ0v) is 10.9. The van der Waals surface area contributed by atoms with Crippen LogP contribution in [0.25, 0.3) is 0 Å². The zero-order chi connectivity index (χ0) is 13.7. The third-order valence-electron chi connectivity index (χ3n) is 2.58. The number of hydrogen-bond acceptors (Lipinski definition) is 4. The molecule has 1 aromatic carbocycles. The standard InChI is InChI=1S/C14H16N4O/c1-10-8-9-15-14(16-10)17-11(2)13(19)18-12-6-4-3-5-7-12/h3-9,11H,1-2H3,(H,18,19)(H,15,16,17). The maximum Gasteiger partial charge on any atom is 0.246 e. The second-order valence-corrected chi connectivity index (χ2v) is 4.24. The molecule has 0 saturated carbocycles. The highest BCUT2D eigenvalue weighted by atomic mass is 16.2. The molecule has 1 aromatic heterocycles. The lowest BCUT2D eigenvalue weighted by Gasteiger charge is -2.14. The molecule has 5 nitrogen and oxygen atoms in total. The van der Waals surface area contributed by atoms with Gasteiger partial charge >= 0.3 is 0 Å². The maximum atomic E-state index is 12.0.